The van der Waals surface area contributed by atoms with Crippen LogP contribution in [0.15, 0.2) is 0 Å². The van der Waals surface area contributed by atoms with Crippen LogP contribution >= 0.6 is 0 Å². The number of nitrogens with zero attached hydrogens (tertiary/aromatic N) is 1. The van der Waals surface area contributed by atoms with Crippen molar-refractivity contribution in [1.82, 2.24) is 10.3 Å². The Bertz CT molecular complexity index is 192. The summed E-state index contributed by atoms with van der Waals surface area (Å²) in [6.07, 6.45) is 4.38. The maximum atomic E-state index is 11.5. The third-order valence-corrected chi connectivity index (χ3v) is 2.73. The van der Waals surface area contributed by atoms with Gasteiger partial charge in [-0.05, 0) is 32.2 Å². The highest BCUT2D eigenvalue weighted by molar-refractivity contribution is 5.81. The van der Waals surface area contributed by atoms with Crippen molar-refractivity contribution in [1.29, 1.82) is 0 Å². The molecule has 4 nitrogen and oxygen atoms in total. The number of nitrogens with two attached hydrogens (primary N) is 1. The fourth-order valence-electron chi connectivity index (χ4n) is 1.92. The minimum absolute atomic E-state index is 0.0348. The van der Waals surface area contributed by atoms with Gasteiger partial charge in [0.05, 0.1) is 6.04 Å². The van der Waals surface area contributed by atoms with Crippen LogP contribution in [0.5, 0.6) is 0 Å². The van der Waals surface area contributed by atoms with Crippen LogP contribution in [0.25, 0.3) is 0 Å². The summed E-state index contributed by atoms with van der Waals surface area (Å²) in [5.74, 6) is 5.13. The fraction of sp³-hybridized carbons (Fsp3) is 0.900. The van der Waals surface area contributed by atoms with E-state index in [-0.39, 0.29) is 11.9 Å². The van der Waals surface area contributed by atoms with Gasteiger partial charge in [0.15, 0.2) is 0 Å². The third kappa shape index (κ3) is 2.69. The molecule has 0 aliphatic heterocycles. The zero-order chi connectivity index (χ0) is 10.6. The van der Waals surface area contributed by atoms with Crippen LogP contribution in [0.4, 0.5) is 0 Å². The van der Waals surface area contributed by atoms with Crippen molar-refractivity contribution in [3.63, 3.8) is 0 Å². The number of amides is 1. The van der Waals surface area contributed by atoms with Gasteiger partial charge >= 0.3 is 0 Å². The molecule has 1 aliphatic carbocycles. The molecule has 1 atom stereocenters. The molecule has 1 fully saturated rings. The van der Waals surface area contributed by atoms with E-state index in [9.17, 15) is 4.79 Å². The molecule has 0 spiro atoms. The maximum Gasteiger partial charge on any atom is 0.251 e. The lowest BCUT2D eigenvalue weighted by Gasteiger charge is -2.29. The van der Waals surface area contributed by atoms with Gasteiger partial charge in [-0.15, -0.1) is 0 Å². The SMILES string of the molecule is CCCN(C1CC1)C(CC)C(=O)NN. The topological polar surface area (TPSA) is 58.4 Å². The summed E-state index contributed by atoms with van der Waals surface area (Å²) < 4.78 is 0. The Labute approximate surface area is 85.8 Å². The number of hydrogen-bond acceptors (Lipinski definition) is 3. The number of hydrogen-bond donors (Lipinski definition) is 2. The first-order valence-corrected chi connectivity index (χ1v) is 5.50. The number of carbonyl (C=O) groups is 1. The molecular weight excluding hydrogens is 178 g/mol. The molecule has 0 radical (unpaired) electrons. The van der Waals surface area contributed by atoms with E-state index in [1.165, 1.54) is 12.8 Å². The van der Waals surface area contributed by atoms with Crippen molar-refractivity contribution in [3.8, 4) is 0 Å². The van der Waals surface area contributed by atoms with Gasteiger partial charge in [-0.2, -0.15) is 0 Å². The summed E-state index contributed by atoms with van der Waals surface area (Å²) in [6, 6.07) is 0.588. The molecule has 0 saturated heterocycles. The van der Waals surface area contributed by atoms with E-state index >= 15 is 0 Å². The Morgan fingerprint density at radius 3 is 2.57 bits per heavy atom. The van der Waals surface area contributed by atoms with Crippen LogP contribution < -0.4 is 11.3 Å². The molecule has 1 aliphatic rings. The van der Waals surface area contributed by atoms with E-state index in [0.29, 0.717) is 6.04 Å². The molecule has 1 unspecified atom stereocenters. The second-order valence-electron chi connectivity index (χ2n) is 3.90. The average Bonchev–Trinajstić information content (AvgIpc) is 3.00. The molecule has 3 N–H and O–H groups in total. The van der Waals surface area contributed by atoms with Gasteiger partial charge in [0, 0.05) is 6.04 Å². The first-order valence-electron chi connectivity index (χ1n) is 5.50. The molecule has 0 heterocycles. The molecule has 1 rings (SSSR count). The molecule has 0 aromatic carbocycles. The lowest BCUT2D eigenvalue weighted by Crippen LogP contribution is -2.49. The fourth-order valence-corrected chi connectivity index (χ4v) is 1.92. The van der Waals surface area contributed by atoms with Gasteiger partial charge in [0.2, 0.25) is 0 Å². The molecule has 4 heteroatoms. The highest BCUT2D eigenvalue weighted by atomic mass is 16.2. The van der Waals surface area contributed by atoms with E-state index in [1.807, 2.05) is 6.92 Å². The molecule has 1 amide bonds. The first-order chi connectivity index (χ1) is 6.74. The van der Waals surface area contributed by atoms with Crippen molar-refractivity contribution in [3.05, 3.63) is 0 Å². The average molecular weight is 199 g/mol. The summed E-state index contributed by atoms with van der Waals surface area (Å²) in [5.41, 5.74) is 2.26. The Morgan fingerprint density at radius 2 is 2.21 bits per heavy atom. The molecule has 82 valence electrons. The Balaban J connectivity index is 2.57. The first kappa shape index (κ1) is 11.5. The second kappa shape index (κ2) is 5.32. The van der Waals surface area contributed by atoms with Crippen molar-refractivity contribution in [2.45, 2.75) is 51.6 Å². The molecule has 1 saturated carbocycles. The highest BCUT2D eigenvalue weighted by Crippen LogP contribution is 2.29. The highest BCUT2D eigenvalue weighted by Gasteiger charge is 2.35. The molecule has 0 aromatic heterocycles. The van der Waals surface area contributed by atoms with Crippen LogP contribution in [0.3, 0.4) is 0 Å². The standard InChI is InChI=1S/C10H21N3O/c1-3-7-13(8-5-6-8)9(4-2)10(14)12-11/h8-9H,3-7,11H2,1-2H3,(H,12,14). The van der Waals surface area contributed by atoms with E-state index in [4.69, 9.17) is 5.84 Å². The van der Waals surface area contributed by atoms with E-state index in [0.717, 1.165) is 19.4 Å². The lowest BCUT2D eigenvalue weighted by molar-refractivity contribution is -0.127. The maximum absolute atomic E-state index is 11.5. The summed E-state index contributed by atoms with van der Waals surface area (Å²) in [7, 11) is 0. The summed E-state index contributed by atoms with van der Waals surface area (Å²) in [5, 5.41) is 0. The van der Waals surface area contributed by atoms with Gasteiger partial charge in [-0.1, -0.05) is 13.8 Å². The minimum atomic E-state index is -0.0483. The number of carbonyl (C=O) groups excluding carboxylic acids is 1. The van der Waals surface area contributed by atoms with Crippen LogP contribution in [-0.4, -0.2) is 29.4 Å². The van der Waals surface area contributed by atoms with Gasteiger partial charge < -0.3 is 0 Å². The molecule has 0 aromatic rings. The van der Waals surface area contributed by atoms with Crippen molar-refractivity contribution < 1.29 is 4.79 Å². The minimum Gasteiger partial charge on any atom is -0.293 e. The van der Waals surface area contributed by atoms with Crippen LogP contribution in [0.2, 0.25) is 0 Å². The smallest absolute Gasteiger partial charge is 0.251 e. The largest absolute Gasteiger partial charge is 0.293 e. The quantitative estimate of drug-likeness (QED) is 0.375. The van der Waals surface area contributed by atoms with Gasteiger partial charge in [-0.25, -0.2) is 5.84 Å². The normalized spacial score (nSPS) is 18.3. The predicted molar refractivity (Wildman–Crippen MR) is 56.4 cm³/mol. The molecular formula is C10H21N3O. The van der Waals surface area contributed by atoms with Crippen LogP contribution in [0.1, 0.15) is 39.5 Å². The zero-order valence-electron chi connectivity index (χ0n) is 9.12. The summed E-state index contributed by atoms with van der Waals surface area (Å²) in [4.78, 5) is 13.8. The Morgan fingerprint density at radius 1 is 1.57 bits per heavy atom. The zero-order valence-corrected chi connectivity index (χ0v) is 9.12. The summed E-state index contributed by atoms with van der Waals surface area (Å²) in [6.45, 7) is 5.17. The number of hydrazine groups is 1. The Kier molecular flexibility index (Phi) is 4.35. The Hall–Kier alpha value is -0.610. The van der Waals surface area contributed by atoms with E-state index < -0.39 is 0 Å². The summed E-state index contributed by atoms with van der Waals surface area (Å²) >= 11 is 0. The van der Waals surface area contributed by atoms with Crippen molar-refractivity contribution in [2.24, 2.45) is 5.84 Å². The van der Waals surface area contributed by atoms with Crippen molar-refractivity contribution in [2.75, 3.05) is 6.54 Å². The second-order valence-corrected chi connectivity index (χ2v) is 3.90. The number of rotatable bonds is 6. The van der Waals surface area contributed by atoms with Crippen LogP contribution in [0, 0.1) is 0 Å². The number of nitrogens with one attached hydrogen (secondary N) is 1. The van der Waals surface area contributed by atoms with Crippen LogP contribution in [-0.2, 0) is 4.79 Å². The lowest BCUT2D eigenvalue weighted by atomic mass is 10.1. The van der Waals surface area contributed by atoms with E-state index in [1.54, 1.807) is 0 Å². The predicted octanol–water partition coefficient (Wildman–Crippen LogP) is 0.629. The van der Waals surface area contributed by atoms with Gasteiger partial charge in [-0.3, -0.25) is 15.1 Å². The van der Waals surface area contributed by atoms with Crippen molar-refractivity contribution >= 4 is 5.91 Å². The third-order valence-electron chi connectivity index (χ3n) is 2.73. The monoisotopic (exact) mass is 199 g/mol. The van der Waals surface area contributed by atoms with Gasteiger partial charge in [0.1, 0.15) is 0 Å². The van der Waals surface area contributed by atoms with E-state index in [2.05, 4.69) is 17.2 Å². The van der Waals surface area contributed by atoms with Gasteiger partial charge in [0.25, 0.3) is 5.91 Å². The molecule has 14 heavy (non-hydrogen) atoms. The molecule has 0 bridgehead atoms.